The number of nitrogens with two attached hydrogens (primary N) is 1. The van der Waals surface area contributed by atoms with Gasteiger partial charge in [0, 0.05) is 35.9 Å². The second-order valence-corrected chi connectivity index (χ2v) is 9.98. The monoisotopic (exact) mass is 517 g/mol. The molecule has 2 aromatic carbocycles. The van der Waals surface area contributed by atoms with Crippen LogP contribution in [0.3, 0.4) is 0 Å². The number of hydrogen-bond donors (Lipinski definition) is 2. The van der Waals surface area contributed by atoms with Crippen LogP contribution in [0.25, 0.3) is 0 Å². The van der Waals surface area contributed by atoms with Crippen molar-refractivity contribution in [1.82, 2.24) is 4.90 Å². The lowest BCUT2D eigenvalue weighted by molar-refractivity contribution is -0.121. The summed E-state index contributed by atoms with van der Waals surface area (Å²) in [5.74, 6) is -0.250. The quantitative estimate of drug-likeness (QED) is 0.404. The third kappa shape index (κ3) is 6.19. The van der Waals surface area contributed by atoms with Crippen molar-refractivity contribution in [3.63, 3.8) is 0 Å². The van der Waals surface area contributed by atoms with Crippen molar-refractivity contribution in [2.45, 2.75) is 70.8 Å². The maximum Gasteiger partial charge on any atom is 0.256 e. The summed E-state index contributed by atoms with van der Waals surface area (Å²) >= 11 is 6.06. The standard InChI is InChI=1S/C14H18ClNO.C14H19FN2O2/c1-3-7-14(8-4-2)11-9-10(15)5-6-12(11)16-13(14)17;1-2-3-6-19-11-4-5-12(13(15)7-11)14(18)17-8-10(16)9-17/h5-6,9H,3-4,7-8H2,1-2H3,(H,16,17);4-5,7,10H,2-3,6,8-9,16H2,1H3. The van der Waals surface area contributed by atoms with Crippen molar-refractivity contribution >= 4 is 29.1 Å². The van der Waals surface area contributed by atoms with Crippen LogP contribution in [0.15, 0.2) is 36.4 Å². The highest BCUT2D eigenvalue weighted by molar-refractivity contribution is 6.31. The first-order valence-electron chi connectivity index (χ1n) is 12.8. The highest BCUT2D eigenvalue weighted by atomic mass is 35.5. The molecule has 36 heavy (non-hydrogen) atoms. The molecule has 2 aliphatic heterocycles. The molecule has 0 aromatic heterocycles. The number of ether oxygens (including phenoxy) is 1. The number of halogens is 2. The molecule has 2 heterocycles. The van der Waals surface area contributed by atoms with E-state index in [1.54, 1.807) is 11.0 Å². The van der Waals surface area contributed by atoms with E-state index in [9.17, 15) is 14.0 Å². The van der Waals surface area contributed by atoms with Gasteiger partial charge < -0.3 is 20.7 Å². The van der Waals surface area contributed by atoms with Crippen LogP contribution in [0.2, 0.25) is 5.02 Å². The molecule has 0 aliphatic carbocycles. The lowest BCUT2D eigenvalue weighted by atomic mass is 9.74. The molecule has 2 aliphatic rings. The predicted octanol–water partition coefficient (Wildman–Crippen LogP) is 5.92. The Hall–Kier alpha value is -2.64. The van der Waals surface area contributed by atoms with Crippen LogP contribution in [-0.2, 0) is 10.2 Å². The Morgan fingerprint density at radius 1 is 1.14 bits per heavy atom. The van der Waals surface area contributed by atoms with Gasteiger partial charge in [-0.05, 0) is 55.2 Å². The molecule has 0 saturated carbocycles. The SMILES string of the molecule is CCCC1(CCC)C(=O)Nc2ccc(Cl)cc21.CCCCOc1ccc(C(=O)N2CC(N)C2)c(F)c1. The molecular weight excluding hydrogens is 481 g/mol. The van der Waals surface area contributed by atoms with Crippen LogP contribution in [0.5, 0.6) is 5.75 Å². The van der Waals surface area contributed by atoms with Crippen LogP contribution in [-0.4, -0.2) is 42.5 Å². The first kappa shape index (κ1) is 27.9. The highest BCUT2D eigenvalue weighted by Crippen LogP contribution is 2.45. The average molecular weight is 518 g/mol. The van der Waals surface area contributed by atoms with Gasteiger partial charge in [-0.1, -0.05) is 51.6 Å². The van der Waals surface area contributed by atoms with Crippen LogP contribution in [0.4, 0.5) is 10.1 Å². The van der Waals surface area contributed by atoms with E-state index in [0.29, 0.717) is 30.5 Å². The molecule has 0 radical (unpaired) electrons. The predicted molar refractivity (Wildman–Crippen MR) is 142 cm³/mol. The number of carbonyl (C=O) groups is 2. The fraction of sp³-hybridized carbons (Fsp3) is 0.500. The fourth-order valence-electron chi connectivity index (χ4n) is 4.80. The lowest BCUT2D eigenvalue weighted by Gasteiger charge is -2.36. The number of likely N-dealkylation sites (tertiary alicyclic amines) is 1. The maximum absolute atomic E-state index is 13.9. The second-order valence-electron chi connectivity index (χ2n) is 9.54. The van der Waals surface area contributed by atoms with E-state index in [1.807, 2.05) is 18.2 Å². The van der Waals surface area contributed by atoms with Crippen LogP contribution < -0.4 is 15.8 Å². The van der Waals surface area contributed by atoms with Gasteiger partial charge in [-0.2, -0.15) is 0 Å². The fourth-order valence-corrected chi connectivity index (χ4v) is 4.97. The molecular formula is C28H37ClFN3O3. The molecule has 0 spiro atoms. The number of nitrogens with zero attached hydrogens (tertiary/aromatic N) is 1. The van der Waals surface area contributed by atoms with Gasteiger partial charge in [0.05, 0.1) is 17.6 Å². The molecule has 2 amide bonds. The zero-order valence-corrected chi connectivity index (χ0v) is 22.2. The van der Waals surface area contributed by atoms with Crippen molar-refractivity contribution in [3.05, 3.63) is 58.4 Å². The van der Waals surface area contributed by atoms with E-state index in [4.69, 9.17) is 22.1 Å². The van der Waals surface area contributed by atoms with Gasteiger partial charge in [-0.15, -0.1) is 0 Å². The molecule has 196 valence electrons. The minimum absolute atomic E-state index is 0.0173. The zero-order chi connectivity index (χ0) is 26.3. The summed E-state index contributed by atoms with van der Waals surface area (Å²) in [6.45, 7) is 7.84. The van der Waals surface area contributed by atoms with Crippen LogP contribution >= 0.6 is 11.6 Å². The molecule has 1 saturated heterocycles. The Balaban J connectivity index is 0.000000202. The number of amides is 2. The van der Waals surface area contributed by atoms with E-state index in [1.165, 1.54) is 12.1 Å². The maximum atomic E-state index is 13.9. The summed E-state index contributed by atoms with van der Waals surface area (Å²) < 4.78 is 19.3. The smallest absolute Gasteiger partial charge is 0.256 e. The third-order valence-corrected chi connectivity index (χ3v) is 6.90. The summed E-state index contributed by atoms with van der Waals surface area (Å²) in [6.07, 6.45) is 5.72. The topological polar surface area (TPSA) is 84.7 Å². The molecule has 3 N–H and O–H groups in total. The summed E-state index contributed by atoms with van der Waals surface area (Å²) in [7, 11) is 0. The normalized spacial score (nSPS) is 15.9. The average Bonchev–Trinajstić information content (AvgIpc) is 3.08. The Kier molecular flexibility index (Phi) is 9.74. The molecule has 0 atom stereocenters. The van der Waals surface area contributed by atoms with Crippen LogP contribution in [0, 0.1) is 5.82 Å². The lowest BCUT2D eigenvalue weighted by Crippen LogP contribution is -2.57. The first-order chi connectivity index (χ1) is 17.2. The number of rotatable bonds is 9. The first-order valence-corrected chi connectivity index (χ1v) is 13.2. The number of benzene rings is 2. The number of carbonyl (C=O) groups excluding carboxylic acids is 2. The second kappa shape index (κ2) is 12.5. The number of anilines is 1. The summed E-state index contributed by atoms with van der Waals surface area (Å²) in [6, 6.07) is 10.1. The minimum Gasteiger partial charge on any atom is -0.493 e. The van der Waals surface area contributed by atoms with Crippen LogP contribution in [0.1, 0.15) is 75.2 Å². The highest BCUT2D eigenvalue weighted by Gasteiger charge is 2.45. The summed E-state index contributed by atoms with van der Waals surface area (Å²) in [4.78, 5) is 25.8. The Labute approximate surface area is 218 Å². The summed E-state index contributed by atoms with van der Waals surface area (Å²) in [5, 5.41) is 3.69. The van der Waals surface area contributed by atoms with Gasteiger partial charge >= 0.3 is 0 Å². The van der Waals surface area contributed by atoms with E-state index in [-0.39, 0.29) is 28.8 Å². The van der Waals surface area contributed by atoms with E-state index >= 15 is 0 Å². The van der Waals surface area contributed by atoms with Gasteiger partial charge in [-0.3, -0.25) is 9.59 Å². The van der Waals surface area contributed by atoms with Crippen molar-refractivity contribution in [2.24, 2.45) is 5.73 Å². The Morgan fingerprint density at radius 2 is 1.83 bits per heavy atom. The van der Waals surface area contributed by atoms with E-state index < -0.39 is 5.82 Å². The molecule has 0 unspecified atom stereocenters. The van der Waals surface area contributed by atoms with Gasteiger partial charge in [0.15, 0.2) is 0 Å². The summed E-state index contributed by atoms with van der Waals surface area (Å²) in [5.41, 5.74) is 7.34. The van der Waals surface area contributed by atoms with Crippen molar-refractivity contribution in [1.29, 1.82) is 0 Å². The number of fused-ring (bicyclic) bond motifs is 1. The van der Waals surface area contributed by atoms with Crippen molar-refractivity contribution < 1.29 is 18.7 Å². The zero-order valence-electron chi connectivity index (χ0n) is 21.4. The largest absolute Gasteiger partial charge is 0.493 e. The van der Waals surface area contributed by atoms with Gasteiger partial charge in [0.2, 0.25) is 5.91 Å². The van der Waals surface area contributed by atoms with Gasteiger partial charge in [-0.25, -0.2) is 4.39 Å². The Bertz CT molecular complexity index is 1070. The molecule has 6 nitrogen and oxygen atoms in total. The minimum atomic E-state index is -0.542. The molecule has 2 aromatic rings. The molecule has 4 rings (SSSR count). The molecule has 8 heteroatoms. The van der Waals surface area contributed by atoms with Gasteiger partial charge in [0.1, 0.15) is 11.6 Å². The van der Waals surface area contributed by atoms with E-state index in [2.05, 4.69) is 26.1 Å². The van der Waals surface area contributed by atoms with Crippen molar-refractivity contribution in [2.75, 3.05) is 25.0 Å². The third-order valence-electron chi connectivity index (χ3n) is 6.67. The Morgan fingerprint density at radius 3 is 2.42 bits per heavy atom. The number of nitrogens with one attached hydrogen (secondary N) is 1. The molecule has 0 bridgehead atoms. The number of hydrogen-bond acceptors (Lipinski definition) is 4. The van der Waals surface area contributed by atoms with Gasteiger partial charge in [0.25, 0.3) is 5.91 Å². The van der Waals surface area contributed by atoms with E-state index in [0.717, 1.165) is 49.8 Å². The molecule has 1 fully saturated rings. The van der Waals surface area contributed by atoms with Crippen molar-refractivity contribution in [3.8, 4) is 5.75 Å². The number of unbranched alkanes of at least 4 members (excludes halogenated alkanes) is 1.